The van der Waals surface area contributed by atoms with Gasteiger partial charge in [0.2, 0.25) is 0 Å². The van der Waals surface area contributed by atoms with Crippen molar-refractivity contribution in [1.29, 1.82) is 0 Å². The maximum absolute atomic E-state index is 13.0. The number of anilines is 1. The van der Waals surface area contributed by atoms with Crippen LogP contribution in [0.1, 0.15) is 44.6 Å². The molecule has 1 heterocycles. The van der Waals surface area contributed by atoms with E-state index in [9.17, 15) is 15.0 Å². The molecule has 0 aliphatic carbocycles. The van der Waals surface area contributed by atoms with Crippen LogP contribution in [0, 0.1) is 13.8 Å². The van der Waals surface area contributed by atoms with Crippen molar-refractivity contribution < 1.29 is 15.0 Å². The Kier molecular flexibility index (Phi) is 7.74. The van der Waals surface area contributed by atoms with E-state index in [1.165, 1.54) is 0 Å². The van der Waals surface area contributed by atoms with Gasteiger partial charge < -0.3 is 25.0 Å². The van der Waals surface area contributed by atoms with Crippen molar-refractivity contribution in [1.82, 2.24) is 9.88 Å². The SMILES string of the molecule is Cc1c(C)n(Cc2ccc(-c3ccccc3C(O)O)cc2)c2ccc(C(=O)NCc3ccc(N(C)C)cc3)cc12. The molecule has 6 nitrogen and oxygen atoms in total. The number of aromatic nitrogens is 1. The molecule has 0 saturated heterocycles. The van der Waals surface area contributed by atoms with Crippen LogP contribution < -0.4 is 10.2 Å². The molecular weight excluding hydrogens is 498 g/mol. The van der Waals surface area contributed by atoms with Crippen molar-refractivity contribution in [3.8, 4) is 11.1 Å². The molecule has 4 aromatic carbocycles. The Labute approximate surface area is 235 Å². The van der Waals surface area contributed by atoms with Crippen LogP contribution in [0.15, 0.2) is 91.0 Å². The summed E-state index contributed by atoms with van der Waals surface area (Å²) < 4.78 is 2.28. The van der Waals surface area contributed by atoms with Crippen LogP contribution in [-0.4, -0.2) is 34.8 Å². The quantitative estimate of drug-likeness (QED) is 0.215. The van der Waals surface area contributed by atoms with Crippen LogP contribution in [0.4, 0.5) is 5.69 Å². The summed E-state index contributed by atoms with van der Waals surface area (Å²) in [6.45, 7) is 5.37. The lowest BCUT2D eigenvalue weighted by Crippen LogP contribution is -2.22. The lowest BCUT2D eigenvalue weighted by atomic mass is 9.98. The Bertz CT molecular complexity index is 1650. The van der Waals surface area contributed by atoms with Crippen molar-refractivity contribution in [3.05, 3.63) is 125 Å². The summed E-state index contributed by atoms with van der Waals surface area (Å²) in [4.78, 5) is 15.0. The predicted octanol–water partition coefficient (Wildman–Crippen LogP) is 5.95. The number of aryl methyl sites for hydroxylation is 1. The average Bonchev–Trinajstić information content (AvgIpc) is 3.20. The number of amides is 1. The van der Waals surface area contributed by atoms with Crippen LogP contribution in [0.2, 0.25) is 0 Å². The standard InChI is InChI=1S/C34H35N3O3/c1-22-23(2)37(21-25-9-13-26(14-10-25)29-7-5-6-8-30(29)34(39)40)32-18-15-27(19-31(22)32)33(38)35-20-24-11-16-28(17-12-24)36(3)4/h5-19,34,39-40H,20-21H2,1-4H3,(H,35,38). The normalized spacial score (nSPS) is 11.3. The van der Waals surface area contributed by atoms with E-state index in [0.717, 1.165) is 50.1 Å². The van der Waals surface area contributed by atoms with Crippen LogP contribution >= 0.6 is 0 Å². The smallest absolute Gasteiger partial charge is 0.251 e. The Hall–Kier alpha value is -4.39. The summed E-state index contributed by atoms with van der Waals surface area (Å²) in [5, 5.41) is 23.6. The van der Waals surface area contributed by atoms with Gasteiger partial charge in [-0.1, -0.05) is 60.7 Å². The second kappa shape index (κ2) is 11.4. The molecule has 0 aliphatic heterocycles. The van der Waals surface area contributed by atoms with E-state index in [0.29, 0.717) is 24.2 Å². The molecule has 0 atom stereocenters. The van der Waals surface area contributed by atoms with Crippen molar-refractivity contribution in [3.63, 3.8) is 0 Å². The fourth-order valence-corrected chi connectivity index (χ4v) is 5.15. The summed E-state index contributed by atoms with van der Waals surface area (Å²) in [6, 6.07) is 29.6. The van der Waals surface area contributed by atoms with Crippen LogP contribution in [0.25, 0.3) is 22.0 Å². The van der Waals surface area contributed by atoms with Gasteiger partial charge in [0.05, 0.1) is 0 Å². The van der Waals surface area contributed by atoms with E-state index >= 15 is 0 Å². The van der Waals surface area contributed by atoms with E-state index < -0.39 is 6.29 Å². The van der Waals surface area contributed by atoms with Gasteiger partial charge in [-0.25, -0.2) is 0 Å². The number of benzene rings is 4. The first-order valence-corrected chi connectivity index (χ1v) is 13.4. The molecule has 0 unspecified atom stereocenters. The van der Waals surface area contributed by atoms with Crippen molar-refractivity contribution in [2.45, 2.75) is 33.2 Å². The maximum Gasteiger partial charge on any atom is 0.251 e. The number of aliphatic hydroxyl groups is 2. The third-order valence-corrected chi connectivity index (χ3v) is 7.65. The number of hydrogen-bond acceptors (Lipinski definition) is 4. The number of carbonyl (C=O) groups excluding carboxylic acids is 1. The van der Waals surface area contributed by atoms with Gasteiger partial charge in [-0.05, 0) is 72.0 Å². The van der Waals surface area contributed by atoms with Gasteiger partial charge in [-0.15, -0.1) is 0 Å². The predicted molar refractivity (Wildman–Crippen MR) is 162 cm³/mol. The molecule has 1 amide bonds. The van der Waals surface area contributed by atoms with Gasteiger partial charge in [-0.3, -0.25) is 4.79 Å². The summed E-state index contributed by atoms with van der Waals surface area (Å²) in [6.07, 6.45) is -1.52. The highest BCUT2D eigenvalue weighted by Gasteiger charge is 2.15. The molecule has 0 bridgehead atoms. The van der Waals surface area contributed by atoms with Gasteiger partial charge in [0.1, 0.15) is 0 Å². The molecule has 40 heavy (non-hydrogen) atoms. The summed E-state index contributed by atoms with van der Waals surface area (Å²) in [5.41, 5.74) is 9.58. The monoisotopic (exact) mass is 533 g/mol. The number of fused-ring (bicyclic) bond motifs is 1. The third-order valence-electron chi connectivity index (χ3n) is 7.65. The molecule has 0 radical (unpaired) electrons. The topological polar surface area (TPSA) is 77.7 Å². The first-order valence-electron chi connectivity index (χ1n) is 13.4. The van der Waals surface area contributed by atoms with Gasteiger partial charge in [0, 0.05) is 60.6 Å². The fraction of sp³-hybridized carbons (Fsp3) is 0.206. The number of rotatable bonds is 8. The maximum atomic E-state index is 13.0. The Morgan fingerprint density at radius 1 is 0.875 bits per heavy atom. The highest BCUT2D eigenvalue weighted by atomic mass is 16.5. The van der Waals surface area contributed by atoms with Crippen molar-refractivity contribution in [2.75, 3.05) is 19.0 Å². The molecule has 204 valence electrons. The molecule has 5 aromatic rings. The lowest BCUT2D eigenvalue weighted by Gasteiger charge is -2.13. The van der Waals surface area contributed by atoms with E-state index in [-0.39, 0.29) is 5.91 Å². The molecule has 5 rings (SSSR count). The zero-order valence-corrected chi connectivity index (χ0v) is 23.3. The molecular formula is C34H35N3O3. The van der Waals surface area contributed by atoms with Crippen LogP contribution in [0.5, 0.6) is 0 Å². The van der Waals surface area contributed by atoms with Gasteiger partial charge >= 0.3 is 0 Å². The third kappa shape index (κ3) is 5.50. The second-order valence-electron chi connectivity index (χ2n) is 10.4. The largest absolute Gasteiger partial charge is 0.378 e. The summed E-state index contributed by atoms with van der Waals surface area (Å²) in [7, 11) is 4.01. The minimum Gasteiger partial charge on any atom is -0.378 e. The Morgan fingerprint density at radius 3 is 2.23 bits per heavy atom. The highest BCUT2D eigenvalue weighted by molar-refractivity contribution is 5.99. The molecule has 1 aromatic heterocycles. The van der Waals surface area contributed by atoms with E-state index in [1.54, 1.807) is 12.1 Å². The fourth-order valence-electron chi connectivity index (χ4n) is 5.15. The van der Waals surface area contributed by atoms with Gasteiger partial charge in [0.15, 0.2) is 6.29 Å². The molecule has 0 fully saturated rings. The molecule has 0 saturated carbocycles. The summed E-state index contributed by atoms with van der Waals surface area (Å²) in [5.74, 6) is -0.0905. The second-order valence-corrected chi connectivity index (χ2v) is 10.4. The lowest BCUT2D eigenvalue weighted by molar-refractivity contribution is -0.0420. The molecule has 0 aliphatic rings. The molecule has 6 heteroatoms. The Morgan fingerprint density at radius 2 is 1.55 bits per heavy atom. The number of carbonyl (C=O) groups is 1. The highest BCUT2D eigenvalue weighted by Crippen LogP contribution is 2.30. The van der Waals surface area contributed by atoms with Crippen molar-refractivity contribution in [2.24, 2.45) is 0 Å². The zero-order valence-electron chi connectivity index (χ0n) is 23.3. The number of nitrogens with zero attached hydrogens (tertiary/aromatic N) is 2. The van der Waals surface area contributed by atoms with Gasteiger partial charge in [-0.2, -0.15) is 0 Å². The first-order chi connectivity index (χ1) is 19.2. The van der Waals surface area contributed by atoms with E-state index in [2.05, 4.69) is 35.9 Å². The zero-order chi connectivity index (χ0) is 28.4. The molecule has 3 N–H and O–H groups in total. The number of nitrogens with one attached hydrogen (secondary N) is 1. The first kappa shape index (κ1) is 27.2. The van der Waals surface area contributed by atoms with Crippen LogP contribution in [0.3, 0.4) is 0 Å². The average molecular weight is 534 g/mol. The minimum atomic E-state index is -1.52. The minimum absolute atomic E-state index is 0.0905. The van der Waals surface area contributed by atoms with Crippen LogP contribution in [-0.2, 0) is 13.1 Å². The van der Waals surface area contributed by atoms with Crippen molar-refractivity contribution >= 4 is 22.5 Å². The summed E-state index contributed by atoms with van der Waals surface area (Å²) >= 11 is 0. The van der Waals surface area contributed by atoms with E-state index in [1.807, 2.05) is 85.7 Å². The number of hydrogen-bond donors (Lipinski definition) is 3. The number of aliphatic hydroxyl groups excluding tert-OH is 1. The van der Waals surface area contributed by atoms with Gasteiger partial charge in [0.25, 0.3) is 5.91 Å². The Balaban J connectivity index is 1.33. The van der Waals surface area contributed by atoms with E-state index in [4.69, 9.17) is 0 Å². The molecule has 0 spiro atoms.